The molecule has 20 nitrogen and oxygen atoms in total. The van der Waals surface area contributed by atoms with Crippen molar-refractivity contribution in [3.05, 3.63) is 128 Å². The number of hydrogen-bond donors (Lipinski definition) is 7. The molecule has 22 heteroatoms. The van der Waals surface area contributed by atoms with E-state index in [1.165, 1.54) is 64.8 Å². The summed E-state index contributed by atoms with van der Waals surface area (Å²) in [5.74, 6) is -3.12. The zero-order chi connectivity index (χ0) is 58.6. The number of carbonyl (C=O) groups excluding carboxylic acids is 5. The molecule has 81 heavy (non-hydrogen) atoms. The van der Waals surface area contributed by atoms with E-state index in [4.69, 9.17) is 58.2 Å². The maximum absolute atomic E-state index is 15.5. The van der Waals surface area contributed by atoms with Gasteiger partial charge in [0.15, 0.2) is 17.5 Å². The topological polar surface area (TPSA) is 249 Å². The molecule has 5 aromatic carbocycles. The van der Waals surface area contributed by atoms with Crippen LogP contribution in [-0.4, -0.2) is 111 Å². The predicted molar refractivity (Wildman–Crippen MR) is 301 cm³/mol. The second-order valence-electron chi connectivity index (χ2n) is 20.6. The number of likely N-dealkylation sites (N-methyl/N-ethyl adjacent to an activating group) is 1. The van der Waals surface area contributed by atoms with Crippen LogP contribution in [0.5, 0.6) is 46.0 Å². The molecule has 0 aromatic heterocycles. The van der Waals surface area contributed by atoms with Gasteiger partial charge in [0.2, 0.25) is 35.9 Å². The number of methoxy groups -OCH3 is 4. The van der Waals surface area contributed by atoms with Crippen molar-refractivity contribution in [2.24, 2.45) is 11.8 Å². The molecule has 0 aliphatic carbocycles. The van der Waals surface area contributed by atoms with E-state index in [0.717, 1.165) is 0 Å². The van der Waals surface area contributed by atoms with Gasteiger partial charge in [-0.15, -0.1) is 0 Å². The number of benzene rings is 5. The lowest BCUT2D eigenvalue weighted by atomic mass is 9.88. The fraction of sp³-hybridized carbons (Fsp3) is 0.390. The van der Waals surface area contributed by atoms with Crippen LogP contribution < -0.4 is 55.0 Å². The van der Waals surface area contributed by atoms with Gasteiger partial charge in [0.25, 0.3) is 5.91 Å². The molecule has 0 saturated carbocycles. The van der Waals surface area contributed by atoms with Crippen LogP contribution in [0.1, 0.15) is 98.7 Å². The first-order valence-electron chi connectivity index (χ1n) is 26.2. The Hall–Kier alpha value is -7.80. The molecule has 0 spiro atoms. The monoisotopic (exact) mass is 1150 g/mol. The fourth-order valence-corrected chi connectivity index (χ4v) is 11.0. The summed E-state index contributed by atoms with van der Waals surface area (Å²) < 4.78 is 36.8. The van der Waals surface area contributed by atoms with Gasteiger partial charge in [-0.1, -0.05) is 69.1 Å². The standard InChI is InChI=1S/C59H65Cl2N7O13/c1-11-39-35-24-34(76-7)25-45(78-9)48(35)36-19-30(12-15-42(36)77-8)51-59(75)67-50(57(73)63-39)53(70)32-14-17-44(38(61)21-32)81-47-23-33-22-46(54(47)79-10)80-43-16-13-31(20-37(43)60)52(69)49(66-55(71)29(4)18-28(2)3)58(74)64-40(26-62-5)56(72)65-41(33)27-68(51)6/h12-17,19-25,28-29,39-41,49-53,69-70H,11,18,26-27H2,1-4,6-10H3,(H,63,73)(H,64,74)(H,65,72)(H,66,71)(H,67,75)/t29-,39-,40+,41+,49-,50+,51-,52-,53-/m1/s1. The molecule has 5 aromatic rings. The number of aliphatic hydroxyl groups is 2. The molecular formula is C59H65Cl2N7O13. The van der Waals surface area contributed by atoms with Crippen LogP contribution >= 0.6 is 23.2 Å². The average Bonchev–Trinajstić information content (AvgIpc) is 3.46. The normalized spacial score (nSPS) is 22.5. The Balaban J connectivity index is 1.38. The summed E-state index contributed by atoms with van der Waals surface area (Å²) in [7, 11) is 7.47. The van der Waals surface area contributed by atoms with Gasteiger partial charge >= 0.3 is 0 Å². The minimum Gasteiger partial charge on any atom is -0.497 e. The number of aliphatic hydroxyl groups excluding tert-OH is 2. The number of rotatable bonds is 10. The highest BCUT2D eigenvalue weighted by Crippen LogP contribution is 2.49. The van der Waals surface area contributed by atoms with Gasteiger partial charge < -0.3 is 70.1 Å². The van der Waals surface area contributed by atoms with E-state index in [1.54, 1.807) is 61.3 Å². The zero-order valence-electron chi connectivity index (χ0n) is 46.1. The first-order valence-corrected chi connectivity index (χ1v) is 27.0. The molecule has 5 aliphatic heterocycles. The molecule has 0 unspecified atom stereocenters. The number of carbonyl (C=O) groups is 5. The molecule has 0 fully saturated rings. The highest BCUT2D eigenvalue weighted by molar-refractivity contribution is 6.32. The second-order valence-corrected chi connectivity index (χ2v) is 21.4. The summed E-state index contributed by atoms with van der Waals surface area (Å²) in [6, 6.07) is 12.0. The molecule has 11 bridgehead atoms. The highest BCUT2D eigenvalue weighted by Gasteiger charge is 2.41. The van der Waals surface area contributed by atoms with Crippen molar-refractivity contribution >= 4 is 52.7 Å². The largest absolute Gasteiger partial charge is 0.497 e. The molecular weight excluding hydrogens is 1090 g/mol. The minimum atomic E-state index is -1.73. The number of nitrogens with zero attached hydrogens (tertiary/aromatic N) is 2. The van der Waals surface area contributed by atoms with Gasteiger partial charge in [0, 0.05) is 29.7 Å². The van der Waals surface area contributed by atoms with Gasteiger partial charge in [-0.25, -0.2) is 6.57 Å². The van der Waals surface area contributed by atoms with Crippen molar-refractivity contribution in [1.29, 1.82) is 0 Å². The van der Waals surface area contributed by atoms with Crippen molar-refractivity contribution in [2.75, 3.05) is 48.6 Å². The van der Waals surface area contributed by atoms with Crippen molar-refractivity contribution in [2.45, 2.75) is 89.0 Å². The quantitative estimate of drug-likeness (QED) is 0.0659. The van der Waals surface area contributed by atoms with Gasteiger partial charge in [-0.2, -0.15) is 0 Å². The van der Waals surface area contributed by atoms with Crippen LogP contribution in [0.25, 0.3) is 16.0 Å². The zero-order valence-corrected chi connectivity index (χ0v) is 47.7. The molecule has 0 radical (unpaired) electrons. The Morgan fingerprint density at radius 1 is 0.716 bits per heavy atom. The van der Waals surface area contributed by atoms with Crippen LogP contribution in [0.4, 0.5) is 0 Å². The van der Waals surface area contributed by atoms with Crippen LogP contribution in [0.2, 0.25) is 10.0 Å². The lowest BCUT2D eigenvalue weighted by Crippen LogP contribution is -2.57. The van der Waals surface area contributed by atoms with E-state index < -0.39 is 90.5 Å². The number of ether oxygens (including phenoxy) is 6. The van der Waals surface area contributed by atoms with Crippen molar-refractivity contribution in [3.63, 3.8) is 0 Å². The Kier molecular flexibility index (Phi) is 18.6. The van der Waals surface area contributed by atoms with Crippen LogP contribution in [0.15, 0.2) is 78.9 Å². The SMILES string of the molecule is [C-]#[N+]C[C@@H]1NC(=O)[C@H](NC(=O)[C@H](C)CC(C)C)[C@H](O)c2ccc(c(Cl)c2)Oc2cc3cc(c2OC)Oc2ccc(cc2Cl)[C@@H](O)[C@@H]2NC(=O)[C@@H](c4ccc(OC)c(c4)-c4c(OC)cc(OC)cc4[C@@H](CC)NC2=O)N(C)C[C@@H]3NC1=O. The van der Waals surface area contributed by atoms with E-state index in [0.29, 0.717) is 52.3 Å². The van der Waals surface area contributed by atoms with E-state index in [1.807, 2.05) is 20.8 Å². The second kappa shape index (κ2) is 25.3. The summed E-state index contributed by atoms with van der Waals surface area (Å²) in [5, 5.41) is 38.5. The molecule has 7 N–H and O–H groups in total. The van der Waals surface area contributed by atoms with E-state index in [2.05, 4.69) is 31.4 Å². The molecule has 10 rings (SSSR count). The molecule has 5 aliphatic rings. The summed E-state index contributed by atoms with van der Waals surface area (Å²) in [5.41, 5.74) is 2.43. The predicted octanol–water partition coefficient (Wildman–Crippen LogP) is 7.84. The van der Waals surface area contributed by atoms with E-state index in [9.17, 15) is 24.6 Å². The molecule has 5 amide bonds. The lowest BCUT2D eigenvalue weighted by Gasteiger charge is -2.35. The first kappa shape index (κ1) is 59.3. The van der Waals surface area contributed by atoms with E-state index in [-0.39, 0.29) is 67.9 Å². The number of nitrogens with one attached hydrogen (secondary N) is 5. The van der Waals surface area contributed by atoms with Crippen LogP contribution in [-0.2, 0) is 24.0 Å². The fourth-order valence-electron chi connectivity index (χ4n) is 10.5. The first-order chi connectivity index (χ1) is 38.7. The number of fused-ring (bicyclic) bond motifs is 15. The molecule has 0 saturated heterocycles. The lowest BCUT2D eigenvalue weighted by molar-refractivity contribution is -0.136. The number of amides is 5. The van der Waals surface area contributed by atoms with Crippen LogP contribution in [0, 0.1) is 18.4 Å². The number of halogens is 2. The third-order valence-electron chi connectivity index (χ3n) is 14.6. The summed E-state index contributed by atoms with van der Waals surface area (Å²) in [6.45, 7) is 14.5. The van der Waals surface area contributed by atoms with Gasteiger partial charge in [-0.05, 0) is 108 Å². The van der Waals surface area contributed by atoms with Crippen molar-refractivity contribution in [1.82, 2.24) is 31.5 Å². The Labute approximate surface area is 479 Å². The van der Waals surface area contributed by atoms with Gasteiger partial charge in [0.1, 0.15) is 59.1 Å². The minimum absolute atomic E-state index is 0.000735. The molecule has 9 atom stereocenters. The van der Waals surface area contributed by atoms with Gasteiger partial charge in [-0.3, -0.25) is 28.9 Å². The van der Waals surface area contributed by atoms with Crippen molar-refractivity contribution < 1.29 is 62.6 Å². The maximum atomic E-state index is 15.5. The van der Waals surface area contributed by atoms with Crippen LogP contribution in [0.3, 0.4) is 0 Å². The Morgan fingerprint density at radius 3 is 1.90 bits per heavy atom. The summed E-state index contributed by atoms with van der Waals surface area (Å²) >= 11 is 13.9. The molecule has 428 valence electrons. The third kappa shape index (κ3) is 12.6. The maximum Gasteiger partial charge on any atom is 0.250 e. The Morgan fingerprint density at radius 2 is 1.33 bits per heavy atom. The van der Waals surface area contributed by atoms with Gasteiger partial charge in [0.05, 0.1) is 50.6 Å². The van der Waals surface area contributed by atoms with E-state index >= 15 is 9.59 Å². The summed E-state index contributed by atoms with van der Waals surface area (Å²) in [4.78, 5) is 78.8. The average molecular weight is 1150 g/mol. The molecule has 5 heterocycles. The Bertz CT molecular complexity index is 3280. The van der Waals surface area contributed by atoms with Crippen molar-refractivity contribution in [3.8, 4) is 57.1 Å². The summed E-state index contributed by atoms with van der Waals surface area (Å²) in [6.07, 6.45) is -2.66. The smallest absolute Gasteiger partial charge is 0.250 e. The highest BCUT2D eigenvalue weighted by atomic mass is 35.5. The third-order valence-corrected chi connectivity index (χ3v) is 15.2. The number of hydrogen-bond acceptors (Lipinski definition) is 14.